The van der Waals surface area contributed by atoms with E-state index in [1.807, 2.05) is 26.2 Å². The molecule has 2 heterocycles. The third-order valence-corrected chi connectivity index (χ3v) is 6.13. The summed E-state index contributed by atoms with van der Waals surface area (Å²) >= 11 is 1.58. The predicted octanol–water partition coefficient (Wildman–Crippen LogP) is 2.52. The van der Waals surface area contributed by atoms with Crippen LogP contribution in [0.1, 0.15) is 12.8 Å². The number of aromatic nitrogens is 1. The maximum atomic E-state index is 12.6. The summed E-state index contributed by atoms with van der Waals surface area (Å²) in [5.41, 5.74) is 0.958. The minimum Gasteiger partial charge on any atom is -0.396 e. The van der Waals surface area contributed by atoms with Gasteiger partial charge >= 0.3 is 0 Å². The first-order valence-corrected chi connectivity index (χ1v) is 9.63. The molecular weight excluding hydrogens is 336 g/mol. The van der Waals surface area contributed by atoms with Crippen molar-refractivity contribution in [1.29, 1.82) is 0 Å². The molecule has 3 rings (SSSR count). The number of rotatable bonds is 6. The highest BCUT2D eigenvalue weighted by molar-refractivity contribution is 8.00. The fraction of sp³-hybridized carbons (Fsp3) is 0.526. The average molecular weight is 362 g/mol. The zero-order chi connectivity index (χ0) is 17.9. The summed E-state index contributed by atoms with van der Waals surface area (Å²) in [7, 11) is 3.86. The van der Waals surface area contributed by atoms with Crippen LogP contribution in [0.5, 0.6) is 0 Å². The Morgan fingerprint density at radius 2 is 2.08 bits per heavy atom. The first kappa shape index (κ1) is 18.3. The maximum Gasteiger partial charge on any atom is 0.232 e. The molecule has 6 heteroatoms. The smallest absolute Gasteiger partial charge is 0.232 e. The number of benzene rings is 1. The average Bonchev–Trinajstić information content (AvgIpc) is 2.96. The molecular formula is C19H26N2O3S. The lowest BCUT2D eigenvalue weighted by molar-refractivity contribution is -0.130. The van der Waals surface area contributed by atoms with E-state index < -0.39 is 0 Å². The third-order valence-electron chi connectivity index (χ3n) is 5.10. The molecule has 0 saturated carbocycles. The fourth-order valence-electron chi connectivity index (χ4n) is 3.43. The van der Waals surface area contributed by atoms with Gasteiger partial charge in [-0.3, -0.25) is 4.79 Å². The second-order valence-electron chi connectivity index (χ2n) is 6.93. The maximum absolute atomic E-state index is 12.6. The second kappa shape index (κ2) is 7.81. The van der Waals surface area contributed by atoms with Crippen LogP contribution in [0.25, 0.3) is 10.9 Å². The Bertz CT molecular complexity index is 737. The van der Waals surface area contributed by atoms with Crippen molar-refractivity contribution in [3.8, 4) is 0 Å². The molecule has 1 aromatic heterocycles. The molecule has 0 aliphatic carbocycles. The lowest BCUT2D eigenvalue weighted by Crippen LogP contribution is -2.45. The van der Waals surface area contributed by atoms with Crippen molar-refractivity contribution in [2.45, 2.75) is 17.7 Å². The number of aliphatic hydroxyl groups excluding tert-OH is 1. The summed E-state index contributed by atoms with van der Waals surface area (Å²) in [6, 6.07) is 8.23. The van der Waals surface area contributed by atoms with Gasteiger partial charge in [0.05, 0.1) is 12.4 Å². The van der Waals surface area contributed by atoms with E-state index in [1.165, 1.54) is 10.9 Å². The molecule has 25 heavy (non-hydrogen) atoms. The minimum absolute atomic E-state index is 0.0947. The summed E-state index contributed by atoms with van der Waals surface area (Å²) in [5.74, 6) is 0.500. The van der Waals surface area contributed by atoms with Crippen LogP contribution in [0.15, 0.2) is 35.4 Å². The second-order valence-corrected chi connectivity index (χ2v) is 7.95. The van der Waals surface area contributed by atoms with Crippen molar-refractivity contribution in [2.24, 2.45) is 12.5 Å². The number of amides is 1. The van der Waals surface area contributed by atoms with E-state index in [0.29, 0.717) is 25.5 Å². The van der Waals surface area contributed by atoms with E-state index in [1.54, 1.807) is 16.7 Å². The van der Waals surface area contributed by atoms with Gasteiger partial charge in [-0.25, -0.2) is 0 Å². The van der Waals surface area contributed by atoms with Gasteiger partial charge in [0.15, 0.2) is 0 Å². The summed E-state index contributed by atoms with van der Waals surface area (Å²) in [5, 5.41) is 11.0. The molecule has 2 aromatic rings. The normalized spacial score (nSPS) is 16.9. The number of hydrogen-bond donors (Lipinski definition) is 1. The van der Waals surface area contributed by atoms with Crippen LogP contribution >= 0.6 is 11.8 Å². The Balaban J connectivity index is 1.61. The first-order chi connectivity index (χ1) is 12.0. The minimum atomic E-state index is -0.216. The molecule has 1 fully saturated rings. The molecule has 1 N–H and O–H groups in total. The van der Waals surface area contributed by atoms with Gasteiger partial charge in [-0.15, -0.1) is 11.8 Å². The Hall–Kier alpha value is -1.50. The molecule has 1 aromatic carbocycles. The number of aliphatic hydroxyl groups is 1. The quantitative estimate of drug-likeness (QED) is 0.803. The van der Waals surface area contributed by atoms with E-state index in [4.69, 9.17) is 4.74 Å². The van der Waals surface area contributed by atoms with Crippen LogP contribution < -0.4 is 0 Å². The summed E-state index contributed by atoms with van der Waals surface area (Å²) < 4.78 is 7.49. The van der Waals surface area contributed by atoms with Crippen LogP contribution in [-0.4, -0.2) is 59.6 Å². The Kier molecular flexibility index (Phi) is 5.71. The molecule has 0 unspecified atom stereocenters. The largest absolute Gasteiger partial charge is 0.396 e. The predicted molar refractivity (Wildman–Crippen MR) is 101 cm³/mol. The topological polar surface area (TPSA) is 54.7 Å². The van der Waals surface area contributed by atoms with Crippen LogP contribution in [0, 0.1) is 5.41 Å². The zero-order valence-corrected chi connectivity index (χ0v) is 15.7. The van der Waals surface area contributed by atoms with Crippen LogP contribution in [0.2, 0.25) is 0 Å². The molecule has 1 aliphatic rings. The Morgan fingerprint density at radius 1 is 1.36 bits per heavy atom. The zero-order valence-electron chi connectivity index (χ0n) is 14.9. The summed E-state index contributed by atoms with van der Waals surface area (Å²) in [6.45, 7) is 2.01. The number of nitrogens with zero attached hydrogens (tertiary/aromatic N) is 2. The standard InChI is InChI=1S/C19H26N2O3S/c1-20-11-17(15-5-3-4-6-16(15)20)25-12-18(23)21(2)13-19(14-22)7-9-24-10-8-19/h3-6,11,22H,7-10,12-14H2,1-2H3. The molecule has 136 valence electrons. The van der Waals surface area contributed by atoms with E-state index in [9.17, 15) is 9.90 Å². The van der Waals surface area contributed by atoms with Crippen LogP contribution in [-0.2, 0) is 16.6 Å². The lowest BCUT2D eigenvalue weighted by atomic mass is 9.80. The molecule has 0 radical (unpaired) electrons. The number of aryl methyl sites for hydroxylation is 1. The lowest BCUT2D eigenvalue weighted by Gasteiger charge is -2.38. The highest BCUT2D eigenvalue weighted by atomic mass is 32.2. The van der Waals surface area contributed by atoms with E-state index >= 15 is 0 Å². The van der Waals surface area contributed by atoms with Crippen molar-refractivity contribution < 1.29 is 14.6 Å². The number of ether oxygens (including phenoxy) is 1. The summed E-state index contributed by atoms with van der Waals surface area (Å²) in [6.07, 6.45) is 3.69. The van der Waals surface area contributed by atoms with Gasteiger partial charge in [0.2, 0.25) is 5.91 Å². The molecule has 5 nitrogen and oxygen atoms in total. The van der Waals surface area contributed by atoms with Crippen molar-refractivity contribution in [3.05, 3.63) is 30.5 Å². The molecule has 0 spiro atoms. The molecule has 0 atom stereocenters. The molecule has 0 bridgehead atoms. The van der Waals surface area contributed by atoms with Crippen molar-refractivity contribution in [2.75, 3.05) is 39.2 Å². The van der Waals surface area contributed by atoms with Gasteiger partial charge in [0, 0.05) is 61.3 Å². The number of carbonyl (C=O) groups excluding carboxylic acids is 1. The highest BCUT2D eigenvalue weighted by Crippen LogP contribution is 2.32. The van der Waals surface area contributed by atoms with Gasteiger partial charge in [-0.1, -0.05) is 18.2 Å². The fourth-order valence-corrected chi connectivity index (χ4v) is 4.49. The van der Waals surface area contributed by atoms with Gasteiger partial charge in [-0.2, -0.15) is 0 Å². The third kappa shape index (κ3) is 4.02. The number of carbonyl (C=O) groups is 1. The van der Waals surface area contributed by atoms with Crippen molar-refractivity contribution in [1.82, 2.24) is 9.47 Å². The Labute approximate surface area is 152 Å². The van der Waals surface area contributed by atoms with Gasteiger partial charge in [0.25, 0.3) is 0 Å². The number of fused-ring (bicyclic) bond motifs is 1. The first-order valence-electron chi connectivity index (χ1n) is 8.64. The van der Waals surface area contributed by atoms with E-state index in [-0.39, 0.29) is 17.9 Å². The highest BCUT2D eigenvalue weighted by Gasteiger charge is 2.34. The SMILES string of the molecule is CN(CC1(CO)CCOCC1)C(=O)CSc1cn(C)c2ccccc12. The number of para-hydroxylation sites is 1. The number of hydrogen-bond acceptors (Lipinski definition) is 4. The van der Waals surface area contributed by atoms with Crippen molar-refractivity contribution in [3.63, 3.8) is 0 Å². The monoisotopic (exact) mass is 362 g/mol. The molecule has 1 amide bonds. The summed E-state index contributed by atoms with van der Waals surface area (Å²) in [4.78, 5) is 15.5. The van der Waals surface area contributed by atoms with Crippen LogP contribution in [0.4, 0.5) is 0 Å². The van der Waals surface area contributed by atoms with Crippen molar-refractivity contribution >= 4 is 28.6 Å². The molecule has 1 aliphatic heterocycles. The van der Waals surface area contributed by atoms with Crippen LogP contribution in [0.3, 0.4) is 0 Å². The van der Waals surface area contributed by atoms with Gasteiger partial charge < -0.3 is 19.3 Å². The molecule has 1 saturated heterocycles. The van der Waals surface area contributed by atoms with Gasteiger partial charge in [-0.05, 0) is 18.9 Å². The van der Waals surface area contributed by atoms with Gasteiger partial charge in [0.1, 0.15) is 0 Å². The van der Waals surface area contributed by atoms with E-state index in [2.05, 4.69) is 22.9 Å². The van der Waals surface area contributed by atoms with E-state index in [0.717, 1.165) is 17.7 Å². The Morgan fingerprint density at radius 3 is 2.80 bits per heavy atom. The number of thioether (sulfide) groups is 1.